The molecule has 2 aromatic heterocycles. The van der Waals surface area contributed by atoms with Crippen LogP contribution in [-0.2, 0) is 4.74 Å². The Morgan fingerprint density at radius 1 is 1.28 bits per heavy atom. The normalized spacial score (nSPS) is 27.1. The largest absolute Gasteiger partial charge is 0.387 e. The third-order valence-corrected chi connectivity index (χ3v) is 4.31. The average Bonchev–Trinajstić information content (AvgIpc) is 3.13. The molecule has 2 aromatic rings. The average molecular weight is 348 g/mol. The molecule has 0 aliphatic carbocycles. The predicted molar refractivity (Wildman–Crippen MR) is 92.6 cm³/mol. The standard InChI is InChI=1S/C16H24N6O3/c1-3-4-5-6-21(2)7-10-12(23)13(24)16(25-10)22-9-20-11-14(17)18-8-19-15(11)22/h4-5,8-10,12-13,16,23-24H,3,6-7H2,1-2H3,(H2,17,18,19)/b5-4-/t10-,12?,13+,16-/m1/s1. The van der Waals surface area contributed by atoms with E-state index in [2.05, 4.69) is 34.0 Å². The third-order valence-electron chi connectivity index (χ3n) is 4.31. The first kappa shape index (κ1) is 17.7. The summed E-state index contributed by atoms with van der Waals surface area (Å²) in [5, 5.41) is 20.8. The van der Waals surface area contributed by atoms with E-state index in [-0.39, 0.29) is 5.82 Å². The Balaban J connectivity index is 1.75. The monoisotopic (exact) mass is 348 g/mol. The van der Waals surface area contributed by atoms with Crippen LogP contribution in [0, 0.1) is 0 Å². The van der Waals surface area contributed by atoms with E-state index in [9.17, 15) is 10.2 Å². The van der Waals surface area contributed by atoms with Crippen molar-refractivity contribution in [2.75, 3.05) is 25.9 Å². The molecule has 0 aromatic carbocycles. The van der Waals surface area contributed by atoms with E-state index in [1.165, 1.54) is 12.7 Å². The van der Waals surface area contributed by atoms with Gasteiger partial charge in [0.25, 0.3) is 0 Å². The quantitative estimate of drug-likeness (QED) is 0.620. The molecule has 0 radical (unpaired) electrons. The summed E-state index contributed by atoms with van der Waals surface area (Å²) >= 11 is 0. The van der Waals surface area contributed by atoms with Gasteiger partial charge in [0.15, 0.2) is 17.7 Å². The minimum absolute atomic E-state index is 0.260. The van der Waals surface area contributed by atoms with Gasteiger partial charge in [-0.3, -0.25) is 4.57 Å². The summed E-state index contributed by atoms with van der Waals surface area (Å²) < 4.78 is 7.49. The maximum Gasteiger partial charge on any atom is 0.167 e. The molecule has 9 nitrogen and oxygen atoms in total. The first-order valence-electron chi connectivity index (χ1n) is 8.31. The molecule has 1 fully saturated rings. The van der Waals surface area contributed by atoms with E-state index in [4.69, 9.17) is 10.5 Å². The van der Waals surface area contributed by atoms with Crippen molar-refractivity contribution in [3.05, 3.63) is 24.8 Å². The van der Waals surface area contributed by atoms with Crippen molar-refractivity contribution >= 4 is 17.0 Å². The zero-order chi connectivity index (χ0) is 18.0. The lowest BCUT2D eigenvalue weighted by Crippen LogP contribution is -2.38. The van der Waals surface area contributed by atoms with Gasteiger partial charge in [0.1, 0.15) is 30.2 Å². The molecule has 0 spiro atoms. The van der Waals surface area contributed by atoms with Gasteiger partial charge in [0.2, 0.25) is 0 Å². The van der Waals surface area contributed by atoms with Crippen LogP contribution < -0.4 is 5.73 Å². The number of likely N-dealkylation sites (N-methyl/N-ethyl adjacent to an activating group) is 1. The van der Waals surface area contributed by atoms with Crippen LogP contribution in [0.4, 0.5) is 5.82 Å². The maximum atomic E-state index is 10.4. The van der Waals surface area contributed by atoms with E-state index in [0.717, 1.165) is 13.0 Å². The Kier molecular flexibility index (Phi) is 5.28. The summed E-state index contributed by atoms with van der Waals surface area (Å²) in [6.07, 6.45) is 4.58. The van der Waals surface area contributed by atoms with Crippen LogP contribution in [0.2, 0.25) is 0 Å². The number of imidazole rings is 1. The number of nitrogen functional groups attached to an aromatic ring is 1. The van der Waals surface area contributed by atoms with Crippen LogP contribution in [0.15, 0.2) is 24.8 Å². The number of ether oxygens (including phenoxy) is 1. The Morgan fingerprint density at radius 3 is 2.84 bits per heavy atom. The van der Waals surface area contributed by atoms with Gasteiger partial charge in [-0.05, 0) is 13.5 Å². The van der Waals surface area contributed by atoms with Gasteiger partial charge < -0.3 is 25.6 Å². The summed E-state index contributed by atoms with van der Waals surface area (Å²) in [7, 11) is 1.94. The Bertz CT molecular complexity index is 749. The smallest absolute Gasteiger partial charge is 0.167 e. The number of fused-ring (bicyclic) bond motifs is 1. The highest BCUT2D eigenvalue weighted by atomic mass is 16.6. The number of aliphatic hydroxyl groups is 2. The van der Waals surface area contributed by atoms with Gasteiger partial charge in [0, 0.05) is 13.1 Å². The molecule has 0 amide bonds. The van der Waals surface area contributed by atoms with E-state index >= 15 is 0 Å². The fourth-order valence-corrected chi connectivity index (χ4v) is 2.97. The third kappa shape index (κ3) is 3.49. The zero-order valence-corrected chi connectivity index (χ0v) is 14.4. The van der Waals surface area contributed by atoms with Gasteiger partial charge in [0.05, 0.1) is 6.33 Å². The molecular weight excluding hydrogens is 324 g/mol. The molecule has 1 aliphatic rings. The second-order valence-corrected chi connectivity index (χ2v) is 6.23. The first-order valence-corrected chi connectivity index (χ1v) is 8.31. The molecule has 3 heterocycles. The lowest BCUT2D eigenvalue weighted by molar-refractivity contribution is -0.0414. The van der Waals surface area contributed by atoms with E-state index in [0.29, 0.717) is 17.7 Å². The maximum absolute atomic E-state index is 10.4. The number of hydrogen-bond acceptors (Lipinski definition) is 8. The van der Waals surface area contributed by atoms with Crippen molar-refractivity contribution in [2.24, 2.45) is 0 Å². The highest BCUT2D eigenvalue weighted by Crippen LogP contribution is 2.32. The second-order valence-electron chi connectivity index (χ2n) is 6.23. The minimum atomic E-state index is -1.09. The number of aliphatic hydroxyl groups excluding tert-OH is 2. The van der Waals surface area contributed by atoms with Crippen LogP contribution in [0.1, 0.15) is 19.6 Å². The molecule has 25 heavy (non-hydrogen) atoms. The summed E-state index contributed by atoms with van der Waals surface area (Å²) in [4.78, 5) is 14.3. The highest BCUT2D eigenvalue weighted by molar-refractivity contribution is 5.81. The molecule has 3 rings (SSSR count). The van der Waals surface area contributed by atoms with Gasteiger partial charge in [-0.1, -0.05) is 19.1 Å². The number of rotatable bonds is 6. The first-order chi connectivity index (χ1) is 12.0. The lowest BCUT2D eigenvalue weighted by atomic mass is 10.1. The fraction of sp³-hybridized carbons (Fsp3) is 0.562. The number of hydrogen-bond donors (Lipinski definition) is 3. The summed E-state index contributed by atoms with van der Waals surface area (Å²) in [6.45, 7) is 3.32. The Morgan fingerprint density at radius 2 is 2.08 bits per heavy atom. The molecule has 4 N–H and O–H groups in total. The van der Waals surface area contributed by atoms with Gasteiger partial charge in [-0.25, -0.2) is 15.0 Å². The van der Waals surface area contributed by atoms with Crippen LogP contribution in [-0.4, -0.2) is 73.1 Å². The molecule has 9 heteroatoms. The number of anilines is 1. The van der Waals surface area contributed by atoms with Crippen LogP contribution in [0.25, 0.3) is 11.2 Å². The van der Waals surface area contributed by atoms with Crippen molar-refractivity contribution < 1.29 is 14.9 Å². The summed E-state index contributed by atoms with van der Waals surface area (Å²) in [6, 6.07) is 0. The molecule has 136 valence electrons. The molecule has 0 saturated carbocycles. The molecule has 4 atom stereocenters. The summed E-state index contributed by atoms with van der Waals surface area (Å²) in [5.41, 5.74) is 6.69. The van der Waals surface area contributed by atoms with Crippen LogP contribution in [0.5, 0.6) is 0 Å². The van der Waals surface area contributed by atoms with Gasteiger partial charge >= 0.3 is 0 Å². The number of nitrogens with two attached hydrogens (primary N) is 1. The van der Waals surface area contributed by atoms with Crippen molar-refractivity contribution in [3.8, 4) is 0 Å². The lowest BCUT2D eigenvalue weighted by Gasteiger charge is -2.21. The van der Waals surface area contributed by atoms with E-state index < -0.39 is 24.5 Å². The molecule has 1 aliphatic heterocycles. The van der Waals surface area contributed by atoms with E-state index in [1.807, 2.05) is 11.9 Å². The summed E-state index contributed by atoms with van der Waals surface area (Å²) in [5.74, 6) is 0.260. The number of aromatic nitrogens is 4. The van der Waals surface area contributed by atoms with Gasteiger partial charge in [-0.15, -0.1) is 0 Å². The second kappa shape index (κ2) is 7.44. The van der Waals surface area contributed by atoms with Crippen LogP contribution >= 0.6 is 0 Å². The van der Waals surface area contributed by atoms with Crippen molar-refractivity contribution in [3.63, 3.8) is 0 Å². The Hall–Kier alpha value is -2.07. The number of allylic oxidation sites excluding steroid dienone is 1. The van der Waals surface area contributed by atoms with Gasteiger partial charge in [-0.2, -0.15) is 0 Å². The predicted octanol–water partition coefficient (Wildman–Crippen LogP) is -0.0743. The SMILES string of the molecule is CC/C=C\CN(C)C[C@H]1O[C@@H](n2cnc3c(N)ncnc32)[C@@H](O)C1O. The number of nitrogens with zero attached hydrogens (tertiary/aromatic N) is 5. The molecule has 1 unspecified atom stereocenters. The minimum Gasteiger partial charge on any atom is -0.387 e. The van der Waals surface area contributed by atoms with Crippen LogP contribution in [0.3, 0.4) is 0 Å². The van der Waals surface area contributed by atoms with Crippen molar-refractivity contribution in [1.82, 2.24) is 24.4 Å². The van der Waals surface area contributed by atoms with Crippen molar-refractivity contribution in [1.29, 1.82) is 0 Å². The van der Waals surface area contributed by atoms with E-state index in [1.54, 1.807) is 4.57 Å². The fourth-order valence-electron chi connectivity index (χ4n) is 2.97. The molecular formula is C16H24N6O3. The highest BCUT2D eigenvalue weighted by Gasteiger charge is 2.44. The molecule has 0 bridgehead atoms. The zero-order valence-electron chi connectivity index (χ0n) is 14.4. The topological polar surface area (TPSA) is 123 Å². The molecule has 1 saturated heterocycles. The Labute approximate surface area is 145 Å². The van der Waals surface area contributed by atoms with Crippen molar-refractivity contribution in [2.45, 2.75) is 37.9 Å².